The van der Waals surface area contributed by atoms with E-state index in [1.807, 2.05) is 0 Å². The van der Waals surface area contributed by atoms with E-state index in [1.165, 1.54) is 44.3 Å². The van der Waals surface area contributed by atoms with Gasteiger partial charge in [-0.2, -0.15) is 5.10 Å². The third kappa shape index (κ3) is 5.76. The molecule has 3 aromatic rings. The molecule has 0 radical (unpaired) electrons. The molecule has 0 saturated carbocycles. The smallest absolute Gasteiger partial charge is 0.318 e. The van der Waals surface area contributed by atoms with Gasteiger partial charge in [0, 0.05) is 7.05 Å². The van der Waals surface area contributed by atoms with Gasteiger partial charge in [0.15, 0.2) is 18.1 Å². The van der Waals surface area contributed by atoms with Gasteiger partial charge < -0.3 is 19.5 Å². The maximum absolute atomic E-state index is 12.4. The molecule has 1 aromatic heterocycles. The van der Waals surface area contributed by atoms with Crippen molar-refractivity contribution in [2.24, 2.45) is 7.05 Å². The number of aryl methyl sites for hydroxylation is 1. The number of methoxy groups -OCH3 is 2. The molecule has 34 heavy (non-hydrogen) atoms. The normalized spacial score (nSPS) is 10.7. The number of anilines is 1. The summed E-state index contributed by atoms with van der Waals surface area (Å²) >= 11 is 0. The average molecular weight is 466 g/mol. The number of allylic oxidation sites excluding steroid dienone is 1. The maximum atomic E-state index is 12.4. The summed E-state index contributed by atoms with van der Waals surface area (Å²) in [7, 11) is 4.44. The van der Waals surface area contributed by atoms with Crippen LogP contribution in [0.5, 0.6) is 17.2 Å². The molecule has 11 heteroatoms. The van der Waals surface area contributed by atoms with Crippen LogP contribution in [0.25, 0.3) is 6.08 Å². The summed E-state index contributed by atoms with van der Waals surface area (Å²) in [6, 6.07) is 11.8. The fourth-order valence-corrected chi connectivity index (χ4v) is 3.02. The molecule has 0 aliphatic carbocycles. The quantitative estimate of drug-likeness (QED) is 0.208. The summed E-state index contributed by atoms with van der Waals surface area (Å²) in [5.74, 6) is 0.179. The Morgan fingerprint density at radius 3 is 2.56 bits per heavy atom. The molecule has 2 aromatic carbocycles. The summed E-state index contributed by atoms with van der Waals surface area (Å²) in [5.41, 5.74) is 0.472. The molecule has 0 unspecified atom stereocenters. The zero-order valence-corrected chi connectivity index (χ0v) is 18.7. The lowest BCUT2D eigenvalue weighted by Gasteiger charge is -2.12. The number of nitrogens with one attached hydrogen (secondary N) is 1. The molecule has 0 saturated heterocycles. The molecule has 0 bridgehead atoms. The van der Waals surface area contributed by atoms with Gasteiger partial charge in [0.2, 0.25) is 11.5 Å². The van der Waals surface area contributed by atoms with Crippen molar-refractivity contribution >= 4 is 29.1 Å². The first-order valence-corrected chi connectivity index (χ1v) is 9.96. The minimum Gasteiger partial charge on any atom is -0.495 e. The van der Waals surface area contributed by atoms with Crippen LogP contribution in [0.3, 0.4) is 0 Å². The van der Waals surface area contributed by atoms with E-state index in [2.05, 4.69) is 10.4 Å². The third-order valence-corrected chi connectivity index (χ3v) is 4.59. The van der Waals surface area contributed by atoms with Gasteiger partial charge in [-0.3, -0.25) is 24.4 Å². The Kier molecular flexibility index (Phi) is 7.60. The molecule has 3 rings (SSSR count). The van der Waals surface area contributed by atoms with Crippen LogP contribution in [-0.4, -0.2) is 47.2 Å². The first-order chi connectivity index (χ1) is 16.3. The molecule has 11 nitrogen and oxygen atoms in total. The van der Waals surface area contributed by atoms with Gasteiger partial charge >= 0.3 is 5.69 Å². The fraction of sp³-hybridized carbons (Fsp3) is 0.174. The zero-order chi connectivity index (χ0) is 24.7. The molecular weight excluding hydrogens is 444 g/mol. The highest BCUT2D eigenvalue weighted by atomic mass is 16.6. The number of carbonyl (C=O) groups excluding carboxylic acids is 2. The number of hydrogen-bond acceptors (Lipinski definition) is 8. The van der Waals surface area contributed by atoms with E-state index in [-0.39, 0.29) is 18.0 Å². The third-order valence-electron chi connectivity index (χ3n) is 4.59. The number of carbonyl (C=O) groups is 2. The highest BCUT2D eigenvalue weighted by molar-refractivity contribution is 6.08. The average Bonchev–Trinajstić information content (AvgIpc) is 3.24. The Labute approximate surface area is 194 Å². The summed E-state index contributed by atoms with van der Waals surface area (Å²) in [5, 5.41) is 17.7. The van der Waals surface area contributed by atoms with Gasteiger partial charge in [0.1, 0.15) is 11.9 Å². The summed E-state index contributed by atoms with van der Waals surface area (Å²) in [6.45, 7) is -0.272. The predicted molar refractivity (Wildman–Crippen MR) is 123 cm³/mol. The number of nitrogens with zero attached hydrogens (tertiary/aromatic N) is 3. The topological polar surface area (TPSA) is 135 Å². The molecule has 1 amide bonds. The van der Waals surface area contributed by atoms with Crippen LogP contribution >= 0.6 is 0 Å². The van der Waals surface area contributed by atoms with Crippen molar-refractivity contribution in [2.45, 2.75) is 0 Å². The summed E-state index contributed by atoms with van der Waals surface area (Å²) in [6.07, 6.45) is 3.83. The molecule has 0 fully saturated rings. The highest BCUT2D eigenvalue weighted by Crippen LogP contribution is 2.29. The first-order valence-electron chi connectivity index (χ1n) is 9.96. The Morgan fingerprint density at radius 1 is 1.12 bits per heavy atom. The second-order valence-electron chi connectivity index (χ2n) is 6.94. The van der Waals surface area contributed by atoms with Crippen molar-refractivity contribution in [1.82, 2.24) is 9.78 Å². The number of ketones is 1. The molecule has 0 atom stereocenters. The van der Waals surface area contributed by atoms with Crippen LogP contribution in [0.15, 0.2) is 54.7 Å². The second-order valence-corrected chi connectivity index (χ2v) is 6.94. The molecule has 0 aliphatic rings. The molecule has 1 heterocycles. The van der Waals surface area contributed by atoms with Crippen LogP contribution in [0, 0.1) is 10.1 Å². The van der Waals surface area contributed by atoms with E-state index in [0.717, 1.165) is 0 Å². The maximum Gasteiger partial charge on any atom is 0.318 e. The van der Waals surface area contributed by atoms with E-state index in [4.69, 9.17) is 14.2 Å². The molecule has 176 valence electrons. The van der Waals surface area contributed by atoms with Gasteiger partial charge in [-0.05, 0) is 35.9 Å². The number of para-hydroxylation sites is 2. The van der Waals surface area contributed by atoms with Gasteiger partial charge in [-0.15, -0.1) is 0 Å². The predicted octanol–water partition coefficient (Wildman–Crippen LogP) is 3.26. The molecule has 0 aliphatic heterocycles. The monoisotopic (exact) mass is 466 g/mol. The Bertz CT molecular complexity index is 1250. The van der Waals surface area contributed by atoms with E-state index >= 15 is 0 Å². The lowest BCUT2D eigenvalue weighted by Crippen LogP contribution is -2.20. The second kappa shape index (κ2) is 10.8. The van der Waals surface area contributed by atoms with Crippen molar-refractivity contribution < 1.29 is 28.7 Å². The SMILES string of the molecule is COc1ccccc1NC(=O)COc1ccc(/C=C/C(=O)c2nn(C)cc2[N+](=O)[O-])cc1OC. The van der Waals surface area contributed by atoms with Crippen molar-refractivity contribution in [3.8, 4) is 17.2 Å². The number of rotatable bonds is 10. The minimum absolute atomic E-state index is 0.253. The van der Waals surface area contributed by atoms with Crippen LogP contribution in [0.1, 0.15) is 16.1 Å². The standard InChI is InChI=1S/C23H22N4O7/c1-26-13-17(27(30)31)23(25-26)18(28)10-8-15-9-11-20(21(12-15)33-3)34-14-22(29)24-16-6-4-5-7-19(16)32-2/h4-13H,14H2,1-3H3,(H,24,29)/b10-8+. The number of nitro groups is 1. The van der Waals surface area contributed by atoms with Crippen molar-refractivity contribution in [1.29, 1.82) is 0 Å². The number of amides is 1. The van der Waals surface area contributed by atoms with Crippen molar-refractivity contribution in [3.05, 3.63) is 76.1 Å². The first kappa shape index (κ1) is 24.0. The van der Waals surface area contributed by atoms with E-state index < -0.39 is 16.6 Å². The highest BCUT2D eigenvalue weighted by Gasteiger charge is 2.23. The Balaban J connectivity index is 1.67. The summed E-state index contributed by atoms with van der Waals surface area (Å²) < 4.78 is 17.3. The van der Waals surface area contributed by atoms with Gasteiger partial charge in [-0.1, -0.05) is 24.3 Å². The summed E-state index contributed by atoms with van der Waals surface area (Å²) in [4.78, 5) is 35.1. The number of ether oxygens (including phenoxy) is 3. The van der Waals surface area contributed by atoms with Gasteiger partial charge in [-0.25, -0.2) is 0 Å². The van der Waals surface area contributed by atoms with E-state index in [1.54, 1.807) is 42.5 Å². The molecule has 1 N–H and O–H groups in total. The van der Waals surface area contributed by atoms with Gasteiger partial charge in [0.25, 0.3) is 5.91 Å². The minimum atomic E-state index is -0.659. The zero-order valence-electron chi connectivity index (χ0n) is 18.7. The van der Waals surface area contributed by atoms with Crippen LogP contribution in [0.2, 0.25) is 0 Å². The Morgan fingerprint density at radius 2 is 1.85 bits per heavy atom. The van der Waals surface area contributed by atoms with E-state index in [9.17, 15) is 19.7 Å². The van der Waals surface area contributed by atoms with Crippen LogP contribution in [-0.2, 0) is 11.8 Å². The van der Waals surface area contributed by atoms with Gasteiger partial charge in [0.05, 0.1) is 24.8 Å². The number of hydrogen-bond donors (Lipinski definition) is 1. The number of aromatic nitrogens is 2. The van der Waals surface area contributed by atoms with Crippen molar-refractivity contribution in [2.75, 3.05) is 26.1 Å². The van der Waals surface area contributed by atoms with Crippen molar-refractivity contribution in [3.63, 3.8) is 0 Å². The largest absolute Gasteiger partial charge is 0.495 e. The van der Waals surface area contributed by atoms with Crippen LogP contribution < -0.4 is 19.5 Å². The lowest BCUT2D eigenvalue weighted by atomic mass is 10.1. The van der Waals surface area contributed by atoms with E-state index in [0.29, 0.717) is 28.5 Å². The number of benzene rings is 2. The molecular formula is C23H22N4O7. The Hall–Kier alpha value is -4.67. The molecule has 0 spiro atoms. The lowest BCUT2D eigenvalue weighted by molar-refractivity contribution is -0.385. The van der Waals surface area contributed by atoms with Crippen LogP contribution in [0.4, 0.5) is 11.4 Å². The fourth-order valence-electron chi connectivity index (χ4n) is 3.02.